The SMILES string of the molecule is Cc1c(C#N)cnn1-c1ccc(NC(=O)Cc2ccccc2Cl)cc1[S+](N)[O-]. The fourth-order valence-electron chi connectivity index (χ4n) is 2.71. The van der Waals surface area contributed by atoms with E-state index in [1.54, 1.807) is 43.3 Å². The minimum absolute atomic E-state index is 0.103. The molecular weight excluding hydrogens is 398 g/mol. The van der Waals surface area contributed by atoms with E-state index in [4.69, 9.17) is 22.0 Å². The predicted octanol–water partition coefficient (Wildman–Crippen LogP) is 2.87. The van der Waals surface area contributed by atoms with Gasteiger partial charge in [-0.25, -0.2) is 4.68 Å². The molecule has 0 saturated carbocycles. The number of aromatic nitrogens is 2. The lowest BCUT2D eigenvalue weighted by Crippen LogP contribution is -2.18. The number of hydrogen-bond acceptors (Lipinski definition) is 5. The molecule has 0 spiro atoms. The zero-order valence-corrected chi connectivity index (χ0v) is 16.4. The minimum Gasteiger partial charge on any atom is -0.593 e. The first-order valence-corrected chi connectivity index (χ1v) is 9.78. The number of benzene rings is 2. The zero-order chi connectivity index (χ0) is 20.3. The number of rotatable bonds is 5. The van der Waals surface area contributed by atoms with E-state index in [2.05, 4.69) is 10.4 Å². The normalized spacial score (nSPS) is 11.7. The quantitative estimate of drug-likeness (QED) is 0.623. The number of carbonyl (C=O) groups excluding carboxylic acids is 1. The molecule has 0 aliphatic rings. The Bertz CT molecular complexity index is 1070. The van der Waals surface area contributed by atoms with E-state index in [0.29, 0.717) is 33.2 Å². The third-order valence-corrected chi connectivity index (χ3v) is 5.26. The van der Waals surface area contributed by atoms with Gasteiger partial charge in [-0.05, 0) is 30.7 Å². The molecule has 9 heteroatoms. The van der Waals surface area contributed by atoms with Crippen LogP contribution in [-0.4, -0.2) is 20.2 Å². The van der Waals surface area contributed by atoms with Crippen LogP contribution >= 0.6 is 11.6 Å². The van der Waals surface area contributed by atoms with E-state index in [0.717, 1.165) is 0 Å². The summed E-state index contributed by atoms with van der Waals surface area (Å²) < 4.78 is 13.5. The monoisotopic (exact) mass is 413 g/mol. The fraction of sp³-hybridized carbons (Fsp3) is 0.105. The number of nitrogens with two attached hydrogens (primary N) is 1. The molecule has 142 valence electrons. The molecule has 28 heavy (non-hydrogen) atoms. The Kier molecular flexibility index (Phi) is 6.02. The van der Waals surface area contributed by atoms with Crippen LogP contribution in [0.5, 0.6) is 0 Å². The second-order valence-corrected chi connectivity index (χ2v) is 7.41. The Labute approximate surface area is 170 Å². The summed E-state index contributed by atoms with van der Waals surface area (Å²) in [6, 6.07) is 14.0. The molecule has 1 aromatic heterocycles. The van der Waals surface area contributed by atoms with Crippen molar-refractivity contribution in [3.05, 3.63) is 70.5 Å². The Morgan fingerprint density at radius 3 is 2.79 bits per heavy atom. The highest BCUT2D eigenvalue weighted by Crippen LogP contribution is 2.25. The maximum absolute atomic E-state index is 12.3. The van der Waals surface area contributed by atoms with Crippen LogP contribution < -0.4 is 10.5 Å². The number of hydrogen-bond donors (Lipinski definition) is 2. The summed E-state index contributed by atoms with van der Waals surface area (Å²) in [4.78, 5) is 12.6. The molecule has 1 atom stereocenters. The van der Waals surface area contributed by atoms with E-state index >= 15 is 0 Å². The summed E-state index contributed by atoms with van der Waals surface area (Å²) in [7, 11) is 0. The fourth-order valence-corrected chi connectivity index (χ4v) is 3.52. The first-order valence-electron chi connectivity index (χ1n) is 8.19. The first kappa shape index (κ1) is 19.9. The number of nitriles is 1. The van der Waals surface area contributed by atoms with E-state index in [-0.39, 0.29) is 17.2 Å². The smallest absolute Gasteiger partial charge is 0.228 e. The van der Waals surface area contributed by atoms with Gasteiger partial charge in [0.15, 0.2) is 0 Å². The maximum atomic E-state index is 12.3. The average Bonchev–Trinajstić information content (AvgIpc) is 3.04. The number of nitrogens with zero attached hydrogens (tertiary/aromatic N) is 3. The molecule has 3 aromatic rings. The average molecular weight is 414 g/mol. The molecule has 0 radical (unpaired) electrons. The van der Waals surface area contributed by atoms with Crippen molar-refractivity contribution < 1.29 is 9.35 Å². The molecule has 0 aliphatic carbocycles. The van der Waals surface area contributed by atoms with Crippen LogP contribution in [0.4, 0.5) is 5.69 Å². The van der Waals surface area contributed by atoms with Crippen LogP contribution in [-0.2, 0) is 22.6 Å². The van der Waals surface area contributed by atoms with Crippen LogP contribution in [0.3, 0.4) is 0 Å². The van der Waals surface area contributed by atoms with Gasteiger partial charge in [0, 0.05) is 16.8 Å². The van der Waals surface area contributed by atoms with Gasteiger partial charge in [0.2, 0.25) is 10.8 Å². The number of nitrogens with one attached hydrogen (secondary N) is 1. The summed E-state index contributed by atoms with van der Waals surface area (Å²) in [5.74, 6) is -0.267. The summed E-state index contributed by atoms with van der Waals surface area (Å²) in [5, 5.41) is 22.1. The summed E-state index contributed by atoms with van der Waals surface area (Å²) >= 11 is 4.26. The summed E-state index contributed by atoms with van der Waals surface area (Å²) in [6.07, 6.45) is 1.53. The van der Waals surface area contributed by atoms with Gasteiger partial charge in [-0.1, -0.05) is 29.8 Å². The summed E-state index contributed by atoms with van der Waals surface area (Å²) in [6.45, 7) is 1.73. The number of anilines is 1. The predicted molar refractivity (Wildman–Crippen MR) is 107 cm³/mol. The Morgan fingerprint density at radius 2 is 2.14 bits per heavy atom. The molecule has 7 nitrogen and oxygen atoms in total. The highest BCUT2D eigenvalue weighted by molar-refractivity contribution is 7.89. The van der Waals surface area contributed by atoms with Gasteiger partial charge < -0.3 is 9.87 Å². The van der Waals surface area contributed by atoms with Crippen molar-refractivity contribution in [3.8, 4) is 11.8 Å². The van der Waals surface area contributed by atoms with Gasteiger partial charge in [-0.15, -0.1) is 5.14 Å². The lowest BCUT2D eigenvalue weighted by Gasteiger charge is -2.13. The van der Waals surface area contributed by atoms with Crippen LogP contribution in [0, 0.1) is 18.3 Å². The molecule has 2 aromatic carbocycles. The van der Waals surface area contributed by atoms with Crippen molar-refractivity contribution in [1.29, 1.82) is 5.26 Å². The molecular formula is C19H16ClN5O2S. The lowest BCUT2D eigenvalue weighted by molar-refractivity contribution is -0.115. The van der Waals surface area contributed by atoms with Gasteiger partial charge >= 0.3 is 0 Å². The van der Waals surface area contributed by atoms with Crippen molar-refractivity contribution in [2.45, 2.75) is 18.2 Å². The Hall–Kier alpha value is -2.83. The van der Waals surface area contributed by atoms with Crippen LogP contribution in [0.25, 0.3) is 5.69 Å². The van der Waals surface area contributed by atoms with Crippen molar-refractivity contribution >= 4 is 34.6 Å². The van der Waals surface area contributed by atoms with E-state index in [9.17, 15) is 9.35 Å². The second kappa shape index (κ2) is 8.46. The molecule has 3 rings (SSSR count). The molecule has 0 saturated heterocycles. The lowest BCUT2D eigenvalue weighted by atomic mass is 10.1. The minimum atomic E-state index is -1.82. The van der Waals surface area contributed by atoms with Gasteiger partial charge in [0.1, 0.15) is 11.8 Å². The van der Waals surface area contributed by atoms with E-state index in [1.165, 1.54) is 16.9 Å². The van der Waals surface area contributed by atoms with Gasteiger partial charge in [0.05, 0.1) is 35.2 Å². The van der Waals surface area contributed by atoms with Gasteiger partial charge in [-0.3, -0.25) is 4.79 Å². The van der Waals surface area contributed by atoms with Gasteiger partial charge in [0.25, 0.3) is 0 Å². The molecule has 1 heterocycles. The molecule has 0 bridgehead atoms. The van der Waals surface area contributed by atoms with Crippen LogP contribution in [0.1, 0.15) is 16.8 Å². The van der Waals surface area contributed by atoms with Crippen molar-refractivity contribution in [2.24, 2.45) is 5.14 Å². The van der Waals surface area contributed by atoms with Crippen molar-refractivity contribution in [3.63, 3.8) is 0 Å². The molecule has 3 N–H and O–H groups in total. The number of amides is 1. The molecule has 1 unspecified atom stereocenters. The Balaban J connectivity index is 1.87. The van der Waals surface area contributed by atoms with Crippen molar-refractivity contribution in [1.82, 2.24) is 9.78 Å². The highest BCUT2D eigenvalue weighted by Gasteiger charge is 2.20. The van der Waals surface area contributed by atoms with Gasteiger partial charge in [-0.2, -0.15) is 10.4 Å². The van der Waals surface area contributed by atoms with Crippen molar-refractivity contribution in [2.75, 3.05) is 5.32 Å². The maximum Gasteiger partial charge on any atom is 0.228 e. The molecule has 1 amide bonds. The number of carbonyl (C=O) groups is 1. The summed E-state index contributed by atoms with van der Waals surface area (Å²) in [5.41, 5.74) is 2.64. The number of halogens is 1. The molecule has 0 fully saturated rings. The van der Waals surface area contributed by atoms with Crippen LogP contribution in [0.2, 0.25) is 5.02 Å². The third-order valence-electron chi connectivity index (χ3n) is 4.13. The Morgan fingerprint density at radius 1 is 1.39 bits per heavy atom. The first-order chi connectivity index (χ1) is 13.4. The second-order valence-electron chi connectivity index (χ2n) is 5.96. The zero-order valence-electron chi connectivity index (χ0n) is 14.8. The molecule has 0 aliphatic heterocycles. The standard InChI is InChI=1S/C19H16ClN5O2S/c1-12-14(10-21)11-23-25(12)17-7-6-15(9-18(17)28(22)27)24-19(26)8-13-4-2-3-5-16(13)20/h2-7,9,11H,8,22H2,1H3,(H,24,26). The highest BCUT2D eigenvalue weighted by atomic mass is 35.5. The van der Waals surface area contributed by atoms with E-state index < -0.39 is 11.4 Å². The third kappa shape index (κ3) is 4.18. The largest absolute Gasteiger partial charge is 0.593 e. The van der Waals surface area contributed by atoms with E-state index in [1.807, 2.05) is 6.07 Å². The topological polar surface area (TPSA) is 120 Å². The van der Waals surface area contributed by atoms with Crippen LogP contribution in [0.15, 0.2) is 53.6 Å².